The second-order valence-corrected chi connectivity index (χ2v) is 6.07. The van der Waals surface area contributed by atoms with Crippen molar-refractivity contribution in [3.05, 3.63) is 70.8 Å². The normalized spacial score (nSPS) is 11.5. The topological polar surface area (TPSA) is 72.5 Å². The molecule has 0 bridgehead atoms. The van der Waals surface area contributed by atoms with Crippen molar-refractivity contribution in [2.24, 2.45) is 0 Å². The predicted molar refractivity (Wildman–Crippen MR) is 99.0 cm³/mol. The highest BCUT2D eigenvalue weighted by Crippen LogP contribution is 2.12. The first-order valence-electron chi connectivity index (χ1n) is 8.58. The van der Waals surface area contributed by atoms with Crippen LogP contribution in [0.1, 0.15) is 52.6 Å². The number of Topliss-reactive ketones (excluding diaryl/α,β-unsaturated/α-hetero) is 1. The first kappa shape index (κ1) is 19.4. The summed E-state index contributed by atoms with van der Waals surface area (Å²) in [6, 6.07) is 14.0. The fourth-order valence-corrected chi connectivity index (χ4v) is 2.41. The molecule has 0 heterocycles. The van der Waals surface area contributed by atoms with Crippen LogP contribution in [0.3, 0.4) is 0 Å². The van der Waals surface area contributed by atoms with Crippen LogP contribution in [0.4, 0.5) is 0 Å². The molecule has 0 saturated heterocycles. The first-order chi connectivity index (χ1) is 12.4. The zero-order chi connectivity index (χ0) is 19.1. The van der Waals surface area contributed by atoms with Gasteiger partial charge in [-0.15, -0.1) is 0 Å². The highest BCUT2D eigenvalue weighted by molar-refractivity contribution is 6.01. The largest absolute Gasteiger partial charge is 0.451 e. The number of nitrogens with one attached hydrogen (secondary N) is 1. The third-order valence-electron chi connectivity index (χ3n) is 4.03. The number of benzene rings is 2. The molecule has 1 N–H and O–H groups in total. The quantitative estimate of drug-likeness (QED) is 0.612. The van der Waals surface area contributed by atoms with E-state index in [9.17, 15) is 14.4 Å². The van der Waals surface area contributed by atoms with Crippen molar-refractivity contribution >= 4 is 17.7 Å². The maximum atomic E-state index is 12.4. The minimum atomic E-state index is -0.867. The summed E-state index contributed by atoms with van der Waals surface area (Å²) >= 11 is 0. The van der Waals surface area contributed by atoms with Gasteiger partial charge in [-0.1, -0.05) is 43.3 Å². The standard InChI is InChI=1S/C21H23NO4/c1-4-16-5-9-18(10-6-16)20(24)14(2)26-21(25)19-11-7-17(8-12-19)13-22-15(3)23/h5-12,14H,4,13H2,1-3H3,(H,22,23). The number of esters is 1. The number of amides is 1. The summed E-state index contributed by atoms with van der Waals surface area (Å²) < 4.78 is 5.29. The van der Waals surface area contributed by atoms with Crippen LogP contribution in [0.25, 0.3) is 0 Å². The summed E-state index contributed by atoms with van der Waals surface area (Å²) in [6.45, 7) is 5.45. The smallest absolute Gasteiger partial charge is 0.338 e. The molecule has 1 amide bonds. The van der Waals surface area contributed by atoms with Crippen LogP contribution in [0, 0.1) is 0 Å². The summed E-state index contributed by atoms with van der Waals surface area (Å²) in [4.78, 5) is 35.5. The van der Waals surface area contributed by atoms with E-state index in [1.54, 1.807) is 43.3 Å². The van der Waals surface area contributed by atoms with E-state index in [0.717, 1.165) is 17.5 Å². The van der Waals surface area contributed by atoms with E-state index >= 15 is 0 Å². The van der Waals surface area contributed by atoms with Crippen molar-refractivity contribution in [1.29, 1.82) is 0 Å². The molecule has 2 aromatic rings. The van der Waals surface area contributed by atoms with Crippen LogP contribution < -0.4 is 5.32 Å². The van der Waals surface area contributed by atoms with E-state index in [0.29, 0.717) is 17.7 Å². The Morgan fingerprint density at radius 2 is 1.46 bits per heavy atom. The fraction of sp³-hybridized carbons (Fsp3) is 0.286. The summed E-state index contributed by atoms with van der Waals surface area (Å²) in [5.74, 6) is -0.904. The highest BCUT2D eigenvalue weighted by atomic mass is 16.5. The Morgan fingerprint density at radius 1 is 0.923 bits per heavy atom. The van der Waals surface area contributed by atoms with E-state index in [4.69, 9.17) is 4.74 Å². The van der Waals surface area contributed by atoms with Gasteiger partial charge in [0.2, 0.25) is 11.7 Å². The molecule has 26 heavy (non-hydrogen) atoms. The molecule has 0 aromatic heterocycles. The van der Waals surface area contributed by atoms with Gasteiger partial charge in [-0.2, -0.15) is 0 Å². The number of hydrogen-bond donors (Lipinski definition) is 1. The van der Waals surface area contributed by atoms with E-state index in [2.05, 4.69) is 5.32 Å². The molecular formula is C21H23NO4. The summed E-state index contributed by atoms with van der Waals surface area (Å²) in [6.07, 6.45) is 0.0331. The van der Waals surface area contributed by atoms with Crippen molar-refractivity contribution in [2.75, 3.05) is 0 Å². The average molecular weight is 353 g/mol. The first-order valence-corrected chi connectivity index (χ1v) is 8.58. The Bertz CT molecular complexity index is 779. The zero-order valence-corrected chi connectivity index (χ0v) is 15.2. The van der Waals surface area contributed by atoms with Crippen LogP contribution in [0.15, 0.2) is 48.5 Å². The van der Waals surface area contributed by atoms with Crippen LogP contribution >= 0.6 is 0 Å². The molecule has 1 atom stereocenters. The van der Waals surface area contributed by atoms with Gasteiger partial charge >= 0.3 is 5.97 Å². The predicted octanol–water partition coefficient (Wildman–Crippen LogP) is 3.31. The molecule has 2 rings (SSSR count). The van der Waals surface area contributed by atoms with Gasteiger partial charge in [-0.3, -0.25) is 9.59 Å². The number of carbonyl (C=O) groups is 3. The second-order valence-electron chi connectivity index (χ2n) is 6.07. The molecule has 2 aromatic carbocycles. The van der Waals surface area contributed by atoms with Gasteiger partial charge in [0.15, 0.2) is 6.10 Å². The molecule has 5 heteroatoms. The van der Waals surface area contributed by atoms with E-state index in [1.807, 2.05) is 19.1 Å². The van der Waals surface area contributed by atoms with Crippen LogP contribution in [0.2, 0.25) is 0 Å². The van der Waals surface area contributed by atoms with Crippen molar-refractivity contribution in [3.63, 3.8) is 0 Å². The van der Waals surface area contributed by atoms with Gasteiger partial charge < -0.3 is 10.1 Å². The summed E-state index contributed by atoms with van der Waals surface area (Å²) in [5, 5.41) is 2.68. The third-order valence-corrected chi connectivity index (χ3v) is 4.03. The Hall–Kier alpha value is -2.95. The zero-order valence-electron chi connectivity index (χ0n) is 15.2. The van der Waals surface area contributed by atoms with Gasteiger partial charge in [0.1, 0.15) is 0 Å². The van der Waals surface area contributed by atoms with Gasteiger partial charge in [-0.05, 0) is 36.6 Å². The van der Waals surface area contributed by atoms with Gasteiger partial charge in [-0.25, -0.2) is 4.79 Å². The van der Waals surface area contributed by atoms with Gasteiger partial charge in [0.05, 0.1) is 5.56 Å². The van der Waals surface area contributed by atoms with Crippen molar-refractivity contribution in [2.45, 2.75) is 39.8 Å². The lowest BCUT2D eigenvalue weighted by Crippen LogP contribution is -2.24. The molecule has 5 nitrogen and oxygen atoms in total. The van der Waals surface area contributed by atoms with E-state index < -0.39 is 12.1 Å². The maximum Gasteiger partial charge on any atom is 0.338 e. The molecule has 0 spiro atoms. The van der Waals surface area contributed by atoms with Crippen molar-refractivity contribution in [3.8, 4) is 0 Å². The Labute approximate surface area is 153 Å². The second kappa shape index (κ2) is 8.94. The molecule has 0 aliphatic rings. The van der Waals surface area contributed by atoms with E-state index in [1.165, 1.54) is 6.92 Å². The van der Waals surface area contributed by atoms with E-state index in [-0.39, 0.29) is 11.7 Å². The lowest BCUT2D eigenvalue weighted by atomic mass is 10.0. The fourth-order valence-electron chi connectivity index (χ4n) is 2.41. The number of rotatable bonds is 7. The Balaban J connectivity index is 1.96. The number of ether oxygens (including phenoxy) is 1. The lowest BCUT2D eigenvalue weighted by Gasteiger charge is -2.13. The SMILES string of the molecule is CCc1ccc(C(=O)C(C)OC(=O)c2ccc(CNC(C)=O)cc2)cc1. The monoisotopic (exact) mass is 353 g/mol. The number of ketones is 1. The highest BCUT2D eigenvalue weighted by Gasteiger charge is 2.20. The lowest BCUT2D eigenvalue weighted by molar-refractivity contribution is -0.119. The minimum Gasteiger partial charge on any atom is -0.451 e. The molecule has 0 saturated carbocycles. The number of aryl methyl sites for hydroxylation is 1. The Kier molecular flexibility index (Phi) is 6.67. The number of hydrogen-bond acceptors (Lipinski definition) is 4. The van der Waals surface area contributed by atoms with Crippen LogP contribution in [-0.4, -0.2) is 23.8 Å². The summed E-state index contributed by atoms with van der Waals surface area (Å²) in [5.41, 5.74) is 2.90. The van der Waals surface area contributed by atoms with Crippen LogP contribution in [-0.2, 0) is 22.5 Å². The number of carbonyl (C=O) groups excluding carboxylic acids is 3. The van der Waals surface area contributed by atoms with Gasteiger partial charge in [0, 0.05) is 19.0 Å². The molecule has 1 unspecified atom stereocenters. The minimum absolute atomic E-state index is 0.118. The molecule has 0 aliphatic carbocycles. The van der Waals surface area contributed by atoms with Crippen LogP contribution in [0.5, 0.6) is 0 Å². The molecular weight excluding hydrogens is 330 g/mol. The molecule has 0 fully saturated rings. The van der Waals surface area contributed by atoms with Crippen molar-refractivity contribution in [1.82, 2.24) is 5.32 Å². The molecule has 0 aliphatic heterocycles. The summed E-state index contributed by atoms with van der Waals surface area (Å²) in [7, 11) is 0. The maximum absolute atomic E-state index is 12.4. The third kappa shape index (κ3) is 5.28. The molecule has 136 valence electrons. The van der Waals surface area contributed by atoms with Gasteiger partial charge in [0.25, 0.3) is 0 Å². The average Bonchev–Trinajstić information content (AvgIpc) is 2.66. The van der Waals surface area contributed by atoms with Crippen molar-refractivity contribution < 1.29 is 19.1 Å². The Morgan fingerprint density at radius 3 is 2.00 bits per heavy atom. The molecule has 0 radical (unpaired) electrons.